The summed E-state index contributed by atoms with van der Waals surface area (Å²) in [5.41, 5.74) is 8.32. The number of nitrogens with zero attached hydrogens (tertiary/aromatic N) is 6. The molecule has 0 aromatic carbocycles. The molecule has 0 saturated heterocycles. The van der Waals surface area contributed by atoms with Crippen LogP contribution in [-0.2, 0) is 27.4 Å². The summed E-state index contributed by atoms with van der Waals surface area (Å²) in [5.74, 6) is 0.548. The summed E-state index contributed by atoms with van der Waals surface area (Å²) in [6.07, 6.45) is 10.6. The van der Waals surface area contributed by atoms with Gasteiger partial charge in [0.05, 0.1) is 24.8 Å². The standard InChI is InChI=1S/C35H48N8O3/c1-8-22(4)35(7)29(15-34(6,9-2)14-21(3)26-12-13-28(44)31(26)35)46-30(45)19-43-18-27(40-41-43)24-10-11-25(38-16-24)17-42-20-39-32(23(42)5)33(36)37/h9-11,16,18,20-22,26,29,31H,2,8,12-15,17,19H2,1,3-7H3,(H3,36,37)/t21?,22?,26?,29?,31?,34-,35-/m0/s1. The fourth-order valence-corrected chi connectivity index (χ4v) is 8.05. The van der Waals surface area contributed by atoms with Crippen LogP contribution in [-0.4, -0.2) is 53.2 Å². The molecule has 5 unspecified atom stereocenters. The van der Waals surface area contributed by atoms with E-state index in [0.717, 1.165) is 36.2 Å². The maximum atomic E-state index is 13.6. The third kappa shape index (κ3) is 6.28. The first kappa shape index (κ1) is 33.2. The summed E-state index contributed by atoms with van der Waals surface area (Å²) in [5, 5.41) is 16.1. The fourth-order valence-electron chi connectivity index (χ4n) is 8.05. The van der Waals surface area contributed by atoms with Gasteiger partial charge in [0.15, 0.2) is 0 Å². The molecule has 3 aromatic heterocycles. The van der Waals surface area contributed by atoms with Crippen LogP contribution in [0.2, 0.25) is 0 Å². The first-order valence-electron chi connectivity index (χ1n) is 16.4. The molecule has 3 aromatic rings. The number of nitrogens with two attached hydrogens (primary N) is 1. The molecule has 0 spiro atoms. The number of rotatable bonds is 10. The molecule has 7 atom stereocenters. The largest absolute Gasteiger partial charge is 0.460 e. The Balaban J connectivity index is 1.32. The lowest BCUT2D eigenvalue weighted by Gasteiger charge is -2.52. The van der Waals surface area contributed by atoms with Crippen LogP contribution in [0.15, 0.2) is 43.5 Å². The number of pyridine rings is 1. The molecular weight excluding hydrogens is 580 g/mol. The Morgan fingerprint density at radius 1 is 1.28 bits per heavy atom. The average molecular weight is 629 g/mol. The number of Topliss-reactive ketones (excluding diaryl/α,β-unsaturated/α-hetero) is 1. The molecule has 0 amide bonds. The van der Waals surface area contributed by atoms with Crippen LogP contribution in [0.3, 0.4) is 0 Å². The van der Waals surface area contributed by atoms with Crippen molar-refractivity contribution in [3.05, 3.63) is 60.6 Å². The van der Waals surface area contributed by atoms with Crippen LogP contribution < -0.4 is 5.73 Å². The van der Waals surface area contributed by atoms with Gasteiger partial charge < -0.3 is 15.0 Å². The number of ether oxygens (including phenoxy) is 1. The lowest BCUT2D eigenvalue weighted by Crippen LogP contribution is -2.54. The SMILES string of the molecule is C=C[C@@]1(C)CC(C)C2CCC(=O)C2[C@@](C)(C(C)CC)C(OC(=O)Cn2cc(-c3ccc(Cn4cnc(C(=N)N)c4C)nc3)nn2)C1. The second-order valence-electron chi connectivity index (χ2n) is 14.1. The Morgan fingerprint density at radius 3 is 2.67 bits per heavy atom. The van der Waals surface area contributed by atoms with E-state index in [1.807, 2.05) is 29.7 Å². The van der Waals surface area contributed by atoms with E-state index in [9.17, 15) is 9.59 Å². The topological polar surface area (TPSA) is 155 Å². The van der Waals surface area contributed by atoms with Gasteiger partial charge in [0.25, 0.3) is 0 Å². The van der Waals surface area contributed by atoms with Gasteiger partial charge in [-0.25, -0.2) is 9.67 Å². The molecule has 0 aliphatic heterocycles. The van der Waals surface area contributed by atoms with E-state index >= 15 is 0 Å². The number of nitrogens with one attached hydrogen (secondary N) is 1. The minimum Gasteiger partial charge on any atom is -0.460 e. The Labute approximate surface area is 271 Å². The lowest BCUT2D eigenvalue weighted by molar-refractivity contribution is -0.174. The number of carbonyl (C=O) groups is 2. The molecule has 11 heteroatoms. The Morgan fingerprint density at radius 2 is 2.04 bits per heavy atom. The second-order valence-corrected chi connectivity index (χ2v) is 14.1. The first-order valence-corrected chi connectivity index (χ1v) is 16.4. The molecule has 0 bridgehead atoms. The zero-order valence-electron chi connectivity index (χ0n) is 28.0. The molecular formula is C35H48N8O3. The molecule has 46 heavy (non-hydrogen) atoms. The zero-order valence-corrected chi connectivity index (χ0v) is 28.0. The minimum atomic E-state index is -0.495. The number of carbonyl (C=O) groups excluding carboxylic acids is 2. The van der Waals surface area contributed by atoms with E-state index in [4.69, 9.17) is 15.9 Å². The molecule has 5 rings (SSSR count). The van der Waals surface area contributed by atoms with Crippen molar-refractivity contribution in [3.8, 4) is 11.3 Å². The van der Waals surface area contributed by atoms with Crippen molar-refractivity contribution in [1.29, 1.82) is 5.41 Å². The third-order valence-electron chi connectivity index (χ3n) is 11.1. The maximum absolute atomic E-state index is 13.6. The van der Waals surface area contributed by atoms with Crippen LogP contribution in [0.1, 0.15) is 83.8 Å². The van der Waals surface area contributed by atoms with Crippen molar-refractivity contribution < 1.29 is 14.3 Å². The summed E-state index contributed by atoms with van der Waals surface area (Å²) in [6.45, 7) is 17.5. The van der Waals surface area contributed by atoms with E-state index in [-0.39, 0.29) is 35.5 Å². The first-order chi connectivity index (χ1) is 21.8. The van der Waals surface area contributed by atoms with E-state index in [1.165, 1.54) is 4.68 Å². The van der Waals surface area contributed by atoms with Gasteiger partial charge in [-0.2, -0.15) is 0 Å². The van der Waals surface area contributed by atoms with Crippen LogP contribution in [0.4, 0.5) is 0 Å². The van der Waals surface area contributed by atoms with Crippen molar-refractivity contribution in [2.24, 2.45) is 40.2 Å². The summed E-state index contributed by atoms with van der Waals surface area (Å²) >= 11 is 0. The van der Waals surface area contributed by atoms with Crippen molar-refractivity contribution >= 4 is 17.6 Å². The number of fused-ring (bicyclic) bond motifs is 1. The highest BCUT2D eigenvalue weighted by molar-refractivity contribution is 5.94. The monoisotopic (exact) mass is 628 g/mol. The summed E-state index contributed by atoms with van der Waals surface area (Å²) in [7, 11) is 0. The summed E-state index contributed by atoms with van der Waals surface area (Å²) in [4.78, 5) is 35.9. The molecule has 2 aliphatic carbocycles. The number of hydrogen-bond donors (Lipinski definition) is 2. The van der Waals surface area contributed by atoms with Crippen LogP contribution in [0.5, 0.6) is 0 Å². The van der Waals surface area contributed by atoms with Crippen LogP contribution >= 0.6 is 0 Å². The Hall–Kier alpha value is -4.15. The van der Waals surface area contributed by atoms with Gasteiger partial charge in [-0.15, -0.1) is 11.7 Å². The van der Waals surface area contributed by atoms with E-state index in [0.29, 0.717) is 42.5 Å². The zero-order chi connectivity index (χ0) is 33.4. The average Bonchev–Trinajstić information content (AvgIpc) is 3.74. The molecule has 246 valence electrons. The molecule has 2 saturated carbocycles. The quantitative estimate of drug-likeness (QED) is 0.132. The van der Waals surface area contributed by atoms with Gasteiger partial charge in [0.1, 0.15) is 35.7 Å². The number of ketones is 1. The number of aromatic nitrogens is 6. The van der Waals surface area contributed by atoms with E-state index < -0.39 is 17.5 Å². The van der Waals surface area contributed by atoms with Gasteiger partial charge in [0, 0.05) is 35.2 Å². The van der Waals surface area contributed by atoms with E-state index in [2.05, 4.69) is 61.5 Å². The highest BCUT2D eigenvalue weighted by Gasteiger charge is 2.58. The van der Waals surface area contributed by atoms with Crippen molar-refractivity contribution in [2.75, 3.05) is 0 Å². The predicted octanol–water partition coefficient (Wildman–Crippen LogP) is 5.36. The van der Waals surface area contributed by atoms with Gasteiger partial charge >= 0.3 is 5.97 Å². The maximum Gasteiger partial charge on any atom is 0.328 e. The smallest absolute Gasteiger partial charge is 0.328 e. The predicted molar refractivity (Wildman–Crippen MR) is 176 cm³/mol. The van der Waals surface area contributed by atoms with Gasteiger partial charge in [0.2, 0.25) is 0 Å². The molecule has 11 nitrogen and oxygen atoms in total. The second kappa shape index (κ2) is 12.9. The minimum absolute atomic E-state index is 0.0665. The fraction of sp³-hybridized carbons (Fsp3) is 0.571. The van der Waals surface area contributed by atoms with Crippen molar-refractivity contribution in [3.63, 3.8) is 0 Å². The molecule has 3 N–H and O–H groups in total. The number of allylic oxidation sites excluding steroid dienone is 1. The summed E-state index contributed by atoms with van der Waals surface area (Å²) < 4.78 is 9.79. The molecule has 2 aliphatic rings. The van der Waals surface area contributed by atoms with Gasteiger partial charge in [-0.05, 0) is 61.5 Å². The number of esters is 1. The lowest BCUT2D eigenvalue weighted by atomic mass is 9.54. The molecule has 2 fully saturated rings. The van der Waals surface area contributed by atoms with Crippen LogP contribution in [0.25, 0.3) is 11.3 Å². The Bertz CT molecular complexity index is 1610. The number of hydrogen-bond acceptors (Lipinski definition) is 8. The van der Waals surface area contributed by atoms with Crippen molar-refractivity contribution in [1.82, 2.24) is 29.5 Å². The van der Waals surface area contributed by atoms with Crippen LogP contribution in [0, 0.1) is 46.8 Å². The summed E-state index contributed by atoms with van der Waals surface area (Å²) in [6, 6.07) is 3.81. The van der Waals surface area contributed by atoms with Gasteiger partial charge in [-0.3, -0.25) is 20.0 Å². The number of imidazole rings is 1. The normalized spacial score (nSPS) is 28.6. The molecule has 0 radical (unpaired) electrons. The number of amidine groups is 1. The highest BCUT2D eigenvalue weighted by atomic mass is 16.5. The van der Waals surface area contributed by atoms with Crippen molar-refractivity contribution in [2.45, 2.75) is 92.8 Å². The van der Waals surface area contributed by atoms with E-state index in [1.54, 1.807) is 18.7 Å². The third-order valence-corrected chi connectivity index (χ3v) is 11.1. The van der Waals surface area contributed by atoms with Gasteiger partial charge in [-0.1, -0.05) is 52.3 Å². The molecule has 3 heterocycles. The Kier molecular flexibility index (Phi) is 9.33. The highest BCUT2D eigenvalue weighted by Crippen LogP contribution is 2.57. The number of nitrogen functional groups attached to an aromatic ring is 1.